The van der Waals surface area contributed by atoms with Gasteiger partial charge in [-0.3, -0.25) is 9.69 Å². The van der Waals surface area contributed by atoms with Crippen LogP contribution in [0.1, 0.15) is 52.4 Å². The van der Waals surface area contributed by atoms with Crippen LogP contribution in [0.25, 0.3) is 0 Å². The van der Waals surface area contributed by atoms with Gasteiger partial charge in [0.2, 0.25) is 6.29 Å². The van der Waals surface area contributed by atoms with Crippen molar-refractivity contribution in [1.82, 2.24) is 4.90 Å². The molecule has 0 aliphatic heterocycles. The smallest absolute Gasteiger partial charge is 0.213 e. The molecule has 0 unspecified atom stereocenters. The number of hydrogen-bond donors (Lipinski definition) is 0. The first-order valence-corrected chi connectivity index (χ1v) is 5.92. The Hall–Kier alpha value is -0.370. The Morgan fingerprint density at radius 3 is 1.79 bits per heavy atom. The van der Waals surface area contributed by atoms with Gasteiger partial charge in [-0.2, -0.15) is 0 Å². The zero-order valence-corrected chi connectivity index (χ0v) is 9.72. The van der Waals surface area contributed by atoms with Crippen LogP contribution in [0, 0.1) is 0 Å². The van der Waals surface area contributed by atoms with E-state index in [0.717, 1.165) is 13.1 Å². The number of unbranched alkanes of at least 4 members (excludes halogenated alkanes) is 4. The molecule has 0 aliphatic carbocycles. The van der Waals surface area contributed by atoms with E-state index in [4.69, 9.17) is 0 Å². The van der Waals surface area contributed by atoms with Crippen LogP contribution in [0.5, 0.6) is 0 Å². The fourth-order valence-electron chi connectivity index (χ4n) is 1.53. The van der Waals surface area contributed by atoms with Crippen molar-refractivity contribution in [1.29, 1.82) is 0 Å². The van der Waals surface area contributed by atoms with Gasteiger partial charge >= 0.3 is 0 Å². The maximum atomic E-state index is 10.3. The van der Waals surface area contributed by atoms with Gasteiger partial charge in [-0.1, -0.05) is 39.5 Å². The van der Waals surface area contributed by atoms with E-state index in [2.05, 4.69) is 18.7 Å². The van der Waals surface area contributed by atoms with Crippen molar-refractivity contribution in [2.45, 2.75) is 52.4 Å². The van der Waals surface area contributed by atoms with Crippen LogP contribution in [0.3, 0.4) is 0 Å². The van der Waals surface area contributed by atoms with Gasteiger partial charge < -0.3 is 0 Å². The second kappa shape index (κ2) is 10.7. The van der Waals surface area contributed by atoms with Gasteiger partial charge in [0, 0.05) is 0 Å². The van der Waals surface area contributed by atoms with E-state index in [1.807, 2.05) is 6.29 Å². The van der Waals surface area contributed by atoms with Crippen LogP contribution in [0.4, 0.5) is 0 Å². The number of hydrogen-bond acceptors (Lipinski definition) is 2. The molecule has 0 aliphatic rings. The predicted molar refractivity (Wildman–Crippen MR) is 61.2 cm³/mol. The summed E-state index contributed by atoms with van der Waals surface area (Å²) >= 11 is 0. The van der Waals surface area contributed by atoms with Crippen LogP contribution < -0.4 is 0 Å². The average Bonchev–Trinajstić information content (AvgIpc) is 2.18. The lowest BCUT2D eigenvalue weighted by atomic mass is 10.2. The molecule has 0 amide bonds. The van der Waals surface area contributed by atoms with E-state index < -0.39 is 0 Å². The summed E-state index contributed by atoms with van der Waals surface area (Å²) in [4.78, 5) is 12.5. The number of carbonyl (C=O) groups excluding carboxylic acids is 1. The summed E-state index contributed by atoms with van der Waals surface area (Å²) in [6, 6.07) is 0. The molecule has 0 aromatic rings. The zero-order valence-electron chi connectivity index (χ0n) is 9.72. The molecule has 2 heteroatoms. The van der Waals surface area contributed by atoms with E-state index >= 15 is 0 Å². The lowest BCUT2D eigenvalue weighted by molar-refractivity contribution is 0.292. The van der Waals surface area contributed by atoms with Crippen LogP contribution in [0.2, 0.25) is 0 Å². The first-order valence-electron chi connectivity index (χ1n) is 5.92. The minimum atomic E-state index is 0.493. The molecule has 0 rings (SSSR count). The fourth-order valence-corrected chi connectivity index (χ4v) is 1.53. The van der Waals surface area contributed by atoms with E-state index in [0.29, 0.717) is 6.54 Å². The normalized spacial score (nSPS) is 10.8. The topological polar surface area (TPSA) is 20.3 Å². The van der Waals surface area contributed by atoms with Crippen LogP contribution >= 0.6 is 0 Å². The fraction of sp³-hybridized carbons (Fsp3) is 0.917. The van der Waals surface area contributed by atoms with Crippen molar-refractivity contribution in [3.05, 3.63) is 0 Å². The Balaban J connectivity index is 3.49. The highest BCUT2D eigenvalue weighted by atomic mass is 16.1. The monoisotopic (exact) mass is 198 g/mol. The molecule has 0 atom stereocenters. The third-order valence-electron chi connectivity index (χ3n) is 2.44. The van der Waals surface area contributed by atoms with Crippen molar-refractivity contribution in [3.8, 4) is 0 Å². The van der Waals surface area contributed by atoms with Gasteiger partial charge in [-0.05, 0) is 25.9 Å². The molecule has 0 spiro atoms. The molecule has 0 bridgehead atoms. The van der Waals surface area contributed by atoms with Crippen LogP contribution in [-0.4, -0.2) is 30.8 Å². The highest BCUT2D eigenvalue weighted by Crippen LogP contribution is 2.01. The molecule has 0 aromatic heterocycles. The van der Waals surface area contributed by atoms with Gasteiger partial charge in [-0.25, -0.2) is 0 Å². The third kappa shape index (κ3) is 8.24. The largest absolute Gasteiger partial charge is 0.296 e. The maximum absolute atomic E-state index is 10.3. The van der Waals surface area contributed by atoms with E-state index in [-0.39, 0.29) is 0 Å². The Bertz CT molecular complexity index is 115. The van der Waals surface area contributed by atoms with Crippen molar-refractivity contribution in [2.75, 3.05) is 19.6 Å². The Morgan fingerprint density at radius 1 is 0.929 bits per heavy atom. The minimum absolute atomic E-state index is 0.493. The summed E-state index contributed by atoms with van der Waals surface area (Å²) in [6.07, 6.45) is 9.44. The lowest BCUT2D eigenvalue weighted by Crippen LogP contribution is -2.27. The summed E-state index contributed by atoms with van der Waals surface area (Å²) in [5, 5.41) is 0. The molecular formula is C12H24NO. The standard InChI is InChI=1S/C12H24NO/c1-3-5-7-9-13(11-12-14)10-8-6-4-2/h3-11H2,1-2H3. The Kier molecular flexibility index (Phi) is 10.4. The summed E-state index contributed by atoms with van der Waals surface area (Å²) in [7, 11) is 0. The number of rotatable bonds is 10. The van der Waals surface area contributed by atoms with E-state index in [1.54, 1.807) is 0 Å². The first kappa shape index (κ1) is 13.6. The molecular weight excluding hydrogens is 174 g/mol. The lowest BCUT2D eigenvalue weighted by Gasteiger charge is -2.18. The van der Waals surface area contributed by atoms with Crippen molar-refractivity contribution in [2.24, 2.45) is 0 Å². The van der Waals surface area contributed by atoms with Crippen molar-refractivity contribution < 1.29 is 4.79 Å². The average molecular weight is 198 g/mol. The van der Waals surface area contributed by atoms with E-state index in [9.17, 15) is 4.79 Å². The molecule has 0 saturated carbocycles. The molecule has 0 fully saturated rings. The van der Waals surface area contributed by atoms with Gasteiger partial charge in [-0.15, -0.1) is 0 Å². The number of nitrogens with zero attached hydrogens (tertiary/aromatic N) is 1. The van der Waals surface area contributed by atoms with Crippen molar-refractivity contribution >= 4 is 6.29 Å². The summed E-state index contributed by atoms with van der Waals surface area (Å²) in [5.41, 5.74) is 0. The van der Waals surface area contributed by atoms with Crippen LogP contribution in [-0.2, 0) is 4.79 Å². The molecule has 14 heavy (non-hydrogen) atoms. The molecule has 83 valence electrons. The first-order chi connectivity index (χ1) is 6.85. The Morgan fingerprint density at radius 2 is 1.43 bits per heavy atom. The SMILES string of the molecule is CCCCCN(C[C]=O)CCCCC. The molecule has 0 saturated heterocycles. The summed E-state index contributed by atoms with van der Waals surface area (Å²) < 4.78 is 0. The highest BCUT2D eigenvalue weighted by molar-refractivity contribution is 5.52. The maximum Gasteiger partial charge on any atom is 0.213 e. The van der Waals surface area contributed by atoms with Gasteiger partial charge in [0.15, 0.2) is 0 Å². The minimum Gasteiger partial charge on any atom is -0.296 e. The molecule has 0 N–H and O–H groups in total. The highest BCUT2D eigenvalue weighted by Gasteiger charge is 2.02. The third-order valence-corrected chi connectivity index (χ3v) is 2.44. The van der Waals surface area contributed by atoms with Crippen molar-refractivity contribution in [3.63, 3.8) is 0 Å². The molecule has 0 aromatic carbocycles. The zero-order chi connectivity index (χ0) is 10.6. The predicted octanol–water partition coefficient (Wildman–Crippen LogP) is 2.78. The molecule has 0 heterocycles. The quantitative estimate of drug-likeness (QED) is 0.503. The van der Waals surface area contributed by atoms with Gasteiger partial charge in [0.05, 0.1) is 6.54 Å². The summed E-state index contributed by atoms with van der Waals surface area (Å²) in [6.45, 7) is 7.02. The second-order valence-electron chi connectivity index (χ2n) is 3.83. The Labute approximate surface area is 88.7 Å². The second-order valence-corrected chi connectivity index (χ2v) is 3.83. The van der Waals surface area contributed by atoms with Crippen LogP contribution in [0.15, 0.2) is 0 Å². The summed E-state index contributed by atoms with van der Waals surface area (Å²) in [5.74, 6) is 0. The molecule has 2 nitrogen and oxygen atoms in total. The molecule has 1 radical (unpaired) electrons. The van der Waals surface area contributed by atoms with E-state index in [1.165, 1.54) is 38.5 Å². The van der Waals surface area contributed by atoms with Gasteiger partial charge in [0.1, 0.15) is 0 Å². The van der Waals surface area contributed by atoms with Gasteiger partial charge in [0.25, 0.3) is 0 Å².